The van der Waals surface area contributed by atoms with Gasteiger partial charge < -0.3 is 9.64 Å². The highest BCUT2D eigenvalue weighted by Gasteiger charge is 2.36. The number of anilines is 1. The number of hydrazone groups is 1. The number of nitrogens with zero attached hydrogens (tertiary/aromatic N) is 2. The lowest BCUT2D eigenvalue weighted by molar-refractivity contribution is -0.120. The highest BCUT2D eigenvalue weighted by atomic mass is 16.5. The molecule has 0 saturated heterocycles. The molecule has 0 bridgehead atoms. The van der Waals surface area contributed by atoms with Gasteiger partial charge >= 0.3 is 0 Å². The monoisotopic (exact) mass is 393 g/mol. The molecule has 1 heterocycles. The summed E-state index contributed by atoms with van der Waals surface area (Å²) in [6, 6.07) is 13.9. The first kappa shape index (κ1) is 20.9. The summed E-state index contributed by atoms with van der Waals surface area (Å²) in [6.45, 7) is 9.98. The van der Waals surface area contributed by atoms with Crippen LogP contribution in [0.3, 0.4) is 0 Å². The highest BCUT2D eigenvalue weighted by molar-refractivity contribution is 5.87. The van der Waals surface area contributed by atoms with Crippen LogP contribution in [0.1, 0.15) is 56.7 Å². The molecule has 0 spiro atoms. The minimum atomic E-state index is -0.142. The van der Waals surface area contributed by atoms with Gasteiger partial charge in [-0.1, -0.05) is 37.3 Å². The van der Waals surface area contributed by atoms with Crippen molar-refractivity contribution in [3.63, 3.8) is 0 Å². The summed E-state index contributed by atoms with van der Waals surface area (Å²) in [4.78, 5) is 14.6. The fourth-order valence-corrected chi connectivity index (χ4v) is 4.40. The van der Waals surface area contributed by atoms with Crippen molar-refractivity contribution in [2.45, 2.75) is 52.0 Å². The van der Waals surface area contributed by atoms with Gasteiger partial charge in [-0.05, 0) is 50.3 Å². The molecule has 1 amide bonds. The molecule has 1 aliphatic heterocycles. The van der Waals surface area contributed by atoms with Gasteiger partial charge in [0, 0.05) is 29.4 Å². The van der Waals surface area contributed by atoms with Gasteiger partial charge in [0.15, 0.2) is 0 Å². The lowest BCUT2D eigenvalue weighted by atomic mass is 9.79. The van der Waals surface area contributed by atoms with Gasteiger partial charge in [0.25, 0.3) is 0 Å². The zero-order valence-corrected chi connectivity index (χ0v) is 18.0. The summed E-state index contributed by atoms with van der Waals surface area (Å²) >= 11 is 0. The normalized spacial score (nSPS) is 17.8. The van der Waals surface area contributed by atoms with E-state index in [9.17, 15) is 4.79 Å². The Kier molecular flexibility index (Phi) is 6.26. The molecule has 5 heteroatoms. The summed E-state index contributed by atoms with van der Waals surface area (Å²) in [6.07, 6.45) is 3.06. The van der Waals surface area contributed by atoms with E-state index in [1.807, 2.05) is 30.3 Å². The highest BCUT2D eigenvalue weighted by Crippen LogP contribution is 2.45. The number of ether oxygens (including phenoxy) is 1. The molecule has 0 fully saturated rings. The van der Waals surface area contributed by atoms with Gasteiger partial charge in [0.1, 0.15) is 5.75 Å². The van der Waals surface area contributed by atoms with E-state index in [1.165, 1.54) is 11.3 Å². The third-order valence-corrected chi connectivity index (χ3v) is 5.65. The number of hydrogen-bond acceptors (Lipinski definition) is 4. The summed E-state index contributed by atoms with van der Waals surface area (Å²) < 4.78 is 5.63. The van der Waals surface area contributed by atoms with E-state index in [0.29, 0.717) is 12.3 Å². The predicted molar refractivity (Wildman–Crippen MR) is 119 cm³/mol. The van der Waals surface area contributed by atoms with Crippen LogP contribution in [0.25, 0.3) is 0 Å². The largest absolute Gasteiger partial charge is 0.496 e. The molecular weight excluding hydrogens is 362 g/mol. The molecule has 0 aliphatic carbocycles. The minimum Gasteiger partial charge on any atom is -0.496 e. The molecule has 0 saturated carbocycles. The molecule has 5 nitrogen and oxygen atoms in total. The Morgan fingerprint density at radius 3 is 2.69 bits per heavy atom. The molecule has 0 radical (unpaired) electrons. The SMILES string of the molecule is CCN1c2cc(OC)c(/C=N\NC(=O)Cc3ccccc3)cc2C(C)CC1(C)C. The van der Waals surface area contributed by atoms with Crippen molar-refractivity contribution in [2.24, 2.45) is 5.10 Å². The first-order valence-corrected chi connectivity index (χ1v) is 10.2. The fraction of sp³-hybridized carbons (Fsp3) is 0.417. The second-order valence-corrected chi connectivity index (χ2v) is 8.27. The zero-order chi connectivity index (χ0) is 21.0. The number of methoxy groups -OCH3 is 1. The Labute approximate surface area is 173 Å². The minimum absolute atomic E-state index is 0.104. The number of nitrogens with one attached hydrogen (secondary N) is 1. The number of carbonyl (C=O) groups is 1. The number of amides is 1. The summed E-state index contributed by atoms with van der Waals surface area (Å²) in [5, 5.41) is 4.17. The third kappa shape index (κ3) is 4.61. The Balaban J connectivity index is 1.80. The lowest BCUT2D eigenvalue weighted by Crippen LogP contribution is -2.48. The van der Waals surface area contributed by atoms with Crippen molar-refractivity contribution in [3.8, 4) is 5.75 Å². The van der Waals surface area contributed by atoms with Crippen LogP contribution >= 0.6 is 0 Å². The molecule has 29 heavy (non-hydrogen) atoms. The second-order valence-electron chi connectivity index (χ2n) is 8.27. The molecule has 2 aromatic rings. The number of carbonyl (C=O) groups excluding carboxylic acids is 1. The van der Waals surface area contributed by atoms with Crippen LogP contribution in [-0.2, 0) is 11.2 Å². The van der Waals surface area contributed by atoms with Gasteiger partial charge in [0.05, 0.1) is 19.7 Å². The van der Waals surface area contributed by atoms with Crippen LogP contribution in [0.5, 0.6) is 5.75 Å². The second kappa shape index (κ2) is 8.68. The maximum absolute atomic E-state index is 12.1. The van der Waals surface area contributed by atoms with Gasteiger partial charge in [-0.3, -0.25) is 4.79 Å². The average Bonchev–Trinajstić information content (AvgIpc) is 2.68. The van der Waals surface area contributed by atoms with E-state index >= 15 is 0 Å². The molecule has 1 aliphatic rings. The topological polar surface area (TPSA) is 53.9 Å². The number of benzene rings is 2. The molecule has 2 aromatic carbocycles. The van der Waals surface area contributed by atoms with E-state index < -0.39 is 0 Å². The van der Waals surface area contributed by atoms with Crippen LogP contribution in [0.4, 0.5) is 5.69 Å². The van der Waals surface area contributed by atoms with E-state index in [-0.39, 0.29) is 11.4 Å². The first-order chi connectivity index (χ1) is 13.9. The van der Waals surface area contributed by atoms with Crippen LogP contribution in [0.15, 0.2) is 47.6 Å². The maximum atomic E-state index is 12.1. The van der Waals surface area contributed by atoms with E-state index in [0.717, 1.165) is 29.8 Å². The van der Waals surface area contributed by atoms with Crippen molar-refractivity contribution in [3.05, 3.63) is 59.2 Å². The zero-order valence-electron chi connectivity index (χ0n) is 18.0. The van der Waals surface area contributed by atoms with Crippen molar-refractivity contribution >= 4 is 17.8 Å². The predicted octanol–water partition coefficient (Wildman–Crippen LogP) is 4.50. The van der Waals surface area contributed by atoms with Gasteiger partial charge in [0.2, 0.25) is 5.91 Å². The Bertz CT molecular complexity index is 890. The third-order valence-electron chi connectivity index (χ3n) is 5.65. The van der Waals surface area contributed by atoms with Crippen LogP contribution in [-0.4, -0.2) is 31.3 Å². The molecular formula is C24H31N3O2. The molecule has 3 rings (SSSR count). The first-order valence-electron chi connectivity index (χ1n) is 10.2. The lowest BCUT2D eigenvalue weighted by Gasteiger charge is -2.47. The standard InChI is InChI=1S/C24H31N3O2/c1-6-27-21-14-22(29-5)19(13-20(21)17(2)15-24(27,3)4)16-25-26-23(28)12-18-10-8-7-9-11-18/h7-11,13-14,16-17H,6,12,15H2,1-5H3,(H,26,28)/b25-16-. The Hall–Kier alpha value is -2.82. The quantitative estimate of drug-likeness (QED) is 0.581. The Morgan fingerprint density at radius 2 is 2.03 bits per heavy atom. The number of fused-ring (bicyclic) bond motifs is 1. The van der Waals surface area contributed by atoms with E-state index in [2.05, 4.69) is 55.3 Å². The fourth-order valence-electron chi connectivity index (χ4n) is 4.40. The number of rotatable bonds is 6. The van der Waals surface area contributed by atoms with Crippen molar-refractivity contribution < 1.29 is 9.53 Å². The van der Waals surface area contributed by atoms with Crippen molar-refractivity contribution in [2.75, 3.05) is 18.6 Å². The van der Waals surface area contributed by atoms with Gasteiger partial charge in [-0.2, -0.15) is 5.10 Å². The van der Waals surface area contributed by atoms with Gasteiger partial charge in [-0.25, -0.2) is 5.43 Å². The van der Waals surface area contributed by atoms with Crippen LogP contribution in [0.2, 0.25) is 0 Å². The van der Waals surface area contributed by atoms with Gasteiger partial charge in [-0.15, -0.1) is 0 Å². The molecule has 0 aromatic heterocycles. The van der Waals surface area contributed by atoms with Crippen LogP contribution < -0.4 is 15.1 Å². The molecule has 154 valence electrons. The van der Waals surface area contributed by atoms with E-state index in [1.54, 1.807) is 13.3 Å². The molecule has 1 atom stereocenters. The smallest absolute Gasteiger partial charge is 0.244 e. The molecule has 1 unspecified atom stereocenters. The van der Waals surface area contributed by atoms with E-state index in [4.69, 9.17) is 4.74 Å². The summed E-state index contributed by atoms with van der Waals surface area (Å²) in [5.74, 6) is 1.05. The average molecular weight is 394 g/mol. The van der Waals surface area contributed by atoms with Crippen molar-refractivity contribution in [1.29, 1.82) is 0 Å². The summed E-state index contributed by atoms with van der Waals surface area (Å²) in [5.41, 5.74) is 7.07. The summed E-state index contributed by atoms with van der Waals surface area (Å²) in [7, 11) is 1.67. The maximum Gasteiger partial charge on any atom is 0.244 e. The number of hydrogen-bond donors (Lipinski definition) is 1. The van der Waals surface area contributed by atoms with Crippen molar-refractivity contribution in [1.82, 2.24) is 5.43 Å². The Morgan fingerprint density at radius 1 is 1.31 bits per heavy atom. The molecule has 1 N–H and O–H groups in total. The van der Waals surface area contributed by atoms with Crippen LogP contribution in [0, 0.1) is 0 Å².